The average Bonchev–Trinajstić information content (AvgIpc) is 2.74. The highest BCUT2D eigenvalue weighted by molar-refractivity contribution is 6.08. The van der Waals surface area contributed by atoms with Gasteiger partial charge in [0.05, 0.1) is 24.8 Å². The molecule has 0 aliphatic heterocycles. The summed E-state index contributed by atoms with van der Waals surface area (Å²) in [7, 11) is 1.28. The average molecular weight is 388 g/mol. The normalized spacial score (nSPS) is 10.1. The number of nitrogens with one attached hydrogen (secondary N) is 2. The van der Waals surface area contributed by atoms with Gasteiger partial charge in [0, 0.05) is 11.3 Å². The Balaban J connectivity index is 1.63. The molecule has 3 rings (SSSR count). The van der Waals surface area contributed by atoms with Crippen LogP contribution in [-0.2, 0) is 16.0 Å². The molecule has 0 unspecified atom stereocenters. The van der Waals surface area contributed by atoms with Gasteiger partial charge in [-0.25, -0.2) is 4.79 Å². The van der Waals surface area contributed by atoms with Crippen LogP contribution in [0.5, 0.6) is 0 Å². The predicted molar refractivity (Wildman–Crippen MR) is 111 cm³/mol. The maximum Gasteiger partial charge on any atom is 0.339 e. The van der Waals surface area contributed by atoms with E-state index in [1.165, 1.54) is 7.11 Å². The van der Waals surface area contributed by atoms with Gasteiger partial charge < -0.3 is 15.4 Å². The van der Waals surface area contributed by atoms with Crippen LogP contribution in [0.3, 0.4) is 0 Å². The van der Waals surface area contributed by atoms with Crippen LogP contribution in [-0.4, -0.2) is 24.9 Å². The zero-order valence-electron chi connectivity index (χ0n) is 15.8. The highest BCUT2D eigenvalue weighted by Gasteiger charge is 2.14. The van der Waals surface area contributed by atoms with Crippen molar-refractivity contribution >= 4 is 29.2 Å². The number of carbonyl (C=O) groups excluding carboxylic acids is 3. The summed E-state index contributed by atoms with van der Waals surface area (Å²) in [5, 5.41) is 5.51. The van der Waals surface area contributed by atoms with Crippen molar-refractivity contribution in [2.45, 2.75) is 6.42 Å². The van der Waals surface area contributed by atoms with Gasteiger partial charge >= 0.3 is 5.97 Å². The Labute approximate surface area is 168 Å². The predicted octanol–water partition coefficient (Wildman–Crippen LogP) is 3.91. The van der Waals surface area contributed by atoms with Crippen molar-refractivity contribution < 1.29 is 19.1 Å². The molecule has 146 valence electrons. The van der Waals surface area contributed by atoms with Crippen LogP contribution in [0.15, 0.2) is 78.9 Å². The van der Waals surface area contributed by atoms with Crippen molar-refractivity contribution in [3.8, 4) is 0 Å². The van der Waals surface area contributed by atoms with Crippen molar-refractivity contribution in [2.75, 3.05) is 17.7 Å². The fourth-order valence-electron chi connectivity index (χ4n) is 2.77. The molecule has 3 aromatic carbocycles. The lowest BCUT2D eigenvalue weighted by atomic mass is 10.1. The Morgan fingerprint density at radius 2 is 1.45 bits per heavy atom. The summed E-state index contributed by atoms with van der Waals surface area (Å²) < 4.78 is 4.73. The number of methoxy groups -OCH3 is 1. The number of anilines is 2. The van der Waals surface area contributed by atoms with Crippen molar-refractivity contribution in [3.05, 3.63) is 95.6 Å². The highest BCUT2D eigenvalue weighted by Crippen LogP contribution is 2.18. The van der Waals surface area contributed by atoms with Gasteiger partial charge in [-0.15, -0.1) is 0 Å². The van der Waals surface area contributed by atoms with E-state index < -0.39 is 5.97 Å². The topological polar surface area (TPSA) is 84.5 Å². The molecule has 2 N–H and O–H groups in total. The van der Waals surface area contributed by atoms with E-state index >= 15 is 0 Å². The monoisotopic (exact) mass is 388 g/mol. The minimum atomic E-state index is -0.530. The maximum absolute atomic E-state index is 12.5. The van der Waals surface area contributed by atoms with Gasteiger partial charge in [0.1, 0.15) is 0 Å². The summed E-state index contributed by atoms with van der Waals surface area (Å²) >= 11 is 0. The Kier molecular flexibility index (Phi) is 6.37. The molecule has 0 heterocycles. The summed E-state index contributed by atoms with van der Waals surface area (Å²) in [4.78, 5) is 36.5. The minimum absolute atomic E-state index is 0.139. The van der Waals surface area contributed by atoms with Crippen LogP contribution in [0.4, 0.5) is 11.4 Å². The highest BCUT2D eigenvalue weighted by atomic mass is 16.5. The van der Waals surface area contributed by atoms with Crippen LogP contribution in [0.2, 0.25) is 0 Å². The van der Waals surface area contributed by atoms with Crippen LogP contribution < -0.4 is 10.6 Å². The van der Waals surface area contributed by atoms with E-state index in [4.69, 9.17) is 4.74 Å². The first kappa shape index (κ1) is 19.8. The van der Waals surface area contributed by atoms with Crippen molar-refractivity contribution in [3.63, 3.8) is 0 Å². The molecule has 3 aromatic rings. The lowest BCUT2D eigenvalue weighted by Gasteiger charge is -2.10. The number of benzene rings is 3. The van der Waals surface area contributed by atoms with Crippen LogP contribution in [0.25, 0.3) is 0 Å². The van der Waals surface area contributed by atoms with Gasteiger partial charge in [0.2, 0.25) is 5.91 Å². The Hall–Kier alpha value is -3.93. The fourth-order valence-corrected chi connectivity index (χ4v) is 2.77. The Bertz CT molecular complexity index is 1010. The van der Waals surface area contributed by atoms with Crippen LogP contribution in [0, 0.1) is 0 Å². The van der Waals surface area contributed by atoms with Gasteiger partial charge in [0.25, 0.3) is 5.91 Å². The van der Waals surface area contributed by atoms with E-state index in [-0.39, 0.29) is 23.8 Å². The van der Waals surface area contributed by atoms with Crippen LogP contribution >= 0.6 is 0 Å². The third kappa shape index (κ3) is 5.29. The zero-order chi connectivity index (χ0) is 20.6. The number of esters is 1. The van der Waals surface area contributed by atoms with E-state index in [9.17, 15) is 14.4 Å². The molecule has 0 atom stereocenters. The first-order chi connectivity index (χ1) is 14.1. The quantitative estimate of drug-likeness (QED) is 0.627. The number of ether oxygens (including phenoxy) is 1. The van der Waals surface area contributed by atoms with Crippen molar-refractivity contribution in [1.82, 2.24) is 0 Å². The summed E-state index contributed by atoms with van der Waals surface area (Å²) in [6.45, 7) is 0. The maximum atomic E-state index is 12.5. The molecule has 0 saturated heterocycles. The first-order valence-electron chi connectivity index (χ1n) is 8.99. The Morgan fingerprint density at radius 1 is 0.793 bits per heavy atom. The standard InChI is InChI=1S/C23H20N2O4/c1-29-23(28)19-9-5-6-10-20(19)25-22(27)17-11-13-18(14-12-17)24-21(26)15-16-7-3-2-4-8-16/h2-14H,15H2,1H3,(H,24,26)(H,25,27). The van der Waals surface area contributed by atoms with E-state index in [1.54, 1.807) is 48.5 Å². The zero-order valence-corrected chi connectivity index (χ0v) is 15.8. The molecule has 0 aromatic heterocycles. The van der Waals surface area contributed by atoms with Gasteiger partial charge in [-0.1, -0.05) is 42.5 Å². The van der Waals surface area contributed by atoms with E-state index in [0.29, 0.717) is 16.9 Å². The lowest BCUT2D eigenvalue weighted by molar-refractivity contribution is -0.115. The van der Waals surface area contributed by atoms with E-state index in [0.717, 1.165) is 5.56 Å². The van der Waals surface area contributed by atoms with Gasteiger partial charge in [-0.05, 0) is 42.0 Å². The number of hydrogen-bond donors (Lipinski definition) is 2. The smallest absolute Gasteiger partial charge is 0.339 e. The van der Waals surface area contributed by atoms with Gasteiger partial charge in [-0.3, -0.25) is 9.59 Å². The second kappa shape index (κ2) is 9.32. The number of para-hydroxylation sites is 1. The fraction of sp³-hybridized carbons (Fsp3) is 0.0870. The molecule has 0 bridgehead atoms. The SMILES string of the molecule is COC(=O)c1ccccc1NC(=O)c1ccc(NC(=O)Cc2ccccc2)cc1. The molecule has 0 aliphatic rings. The van der Waals surface area contributed by atoms with Crippen molar-refractivity contribution in [1.29, 1.82) is 0 Å². The molecule has 6 heteroatoms. The molecule has 0 saturated carbocycles. The van der Waals surface area contributed by atoms with E-state index in [1.807, 2.05) is 30.3 Å². The number of rotatable bonds is 6. The van der Waals surface area contributed by atoms with Gasteiger partial charge in [0.15, 0.2) is 0 Å². The molecule has 0 radical (unpaired) electrons. The van der Waals surface area contributed by atoms with Crippen LogP contribution in [0.1, 0.15) is 26.3 Å². The molecule has 29 heavy (non-hydrogen) atoms. The third-order valence-corrected chi connectivity index (χ3v) is 4.22. The first-order valence-corrected chi connectivity index (χ1v) is 8.99. The largest absolute Gasteiger partial charge is 0.465 e. The van der Waals surface area contributed by atoms with E-state index in [2.05, 4.69) is 10.6 Å². The second-order valence-corrected chi connectivity index (χ2v) is 6.28. The summed E-state index contributed by atoms with van der Waals surface area (Å²) in [5.74, 6) is -1.04. The lowest BCUT2D eigenvalue weighted by Crippen LogP contribution is -2.16. The summed E-state index contributed by atoms with van der Waals surface area (Å²) in [6.07, 6.45) is 0.271. The molecule has 0 aliphatic carbocycles. The number of carbonyl (C=O) groups is 3. The minimum Gasteiger partial charge on any atom is -0.465 e. The molecular formula is C23H20N2O4. The molecule has 2 amide bonds. The van der Waals surface area contributed by atoms with Crippen molar-refractivity contribution in [2.24, 2.45) is 0 Å². The molecular weight excluding hydrogens is 368 g/mol. The molecule has 6 nitrogen and oxygen atoms in total. The number of amides is 2. The molecule has 0 spiro atoms. The Morgan fingerprint density at radius 3 is 2.14 bits per heavy atom. The third-order valence-electron chi connectivity index (χ3n) is 4.22. The summed E-state index contributed by atoms with van der Waals surface area (Å²) in [6, 6.07) is 22.6. The van der Waals surface area contributed by atoms with Gasteiger partial charge in [-0.2, -0.15) is 0 Å². The molecule has 0 fully saturated rings. The summed E-state index contributed by atoms with van der Waals surface area (Å²) in [5.41, 5.74) is 2.55. The number of hydrogen-bond acceptors (Lipinski definition) is 4. The second-order valence-electron chi connectivity index (χ2n) is 6.28.